The highest BCUT2D eigenvalue weighted by atomic mass is 16.6. The third-order valence-corrected chi connectivity index (χ3v) is 6.78. The number of carbonyl (C=O) groups excluding carboxylic acids is 3. The molecule has 3 atom stereocenters. The zero-order valence-corrected chi connectivity index (χ0v) is 19.3. The lowest BCUT2D eigenvalue weighted by Crippen LogP contribution is -2.50. The number of carbonyl (C=O) groups is 3. The zero-order valence-electron chi connectivity index (χ0n) is 19.3. The van der Waals surface area contributed by atoms with E-state index in [1.165, 1.54) is 6.92 Å². The van der Waals surface area contributed by atoms with Crippen molar-refractivity contribution in [3.63, 3.8) is 0 Å². The highest BCUT2D eigenvalue weighted by Gasteiger charge is 2.54. The number of hydrogen-bond acceptors (Lipinski definition) is 7. The minimum Gasteiger partial charge on any atom is -0.461 e. The molecule has 0 aromatic rings. The van der Waals surface area contributed by atoms with Crippen LogP contribution in [-0.4, -0.2) is 47.0 Å². The van der Waals surface area contributed by atoms with Gasteiger partial charge in [-0.3, -0.25) is 14.5 Å². The van der Waals surface area contributed by atoms with E-state index in [4.69, 9.17) is 9.47 Å². The number of amides is 1. The number of esters is 1. The molecular formula is C25H27N3O5. The Kier molecular flexibility index (Phi) is 5.44. The van der Waals surface area contributed by atoms with Crippen LogP contribution < -0.4 is 0 Å². The molecule has 0 radical (unpaired) electrons. The second-order valence-electron chi connectivity index (χ2n) is 10.1. The van der Waals surface area contributed by atoms with Crippen LogP contribution in [0.3, 0.4) is 0 Å². The van der Waals surface area contributed by atoms with Crippen molar-refractivity contribution in [2.45, 2.75) is 71.1 Å². The third kappa shape index (κ3) is 3.84. The van der Waals surface area contributed by atoms with Gasteiger partial charge in [-0.25, -0.2) is 4.79 Å². The molecule has 1 fully saturated rings. The van der Waals surface area contributed by atoms with Crippen molar-refractivity contribution in [1.29, 1.82) is 10.5 Å². The smallest absolute Gasteiger partial charge is 0.411 e. The summed E-state index contributed by atoms with van der Waals surface area (Å²) in [6, 6.07) is 3.93. The van der Waals surface area contributed by atoms with Gasteiger partial charge in [0.2, 0.25) is 0 Å². The molecule has 8 nitrogen and oxygen atoms in total. The summed E-state index contributed by atoms with van der Waals surface area (Å²) in [5.41, 5.74) is 0.281. The first-order valence-electron chi connectivity index (χ1n) is 11.2. The van der Waals surface area contributed by atoms with Crippen molar-refractivity contribution in [3.8, 4) is 12.1 Å². The molecule has 4 rings (SSSR count). The summed E-state index contributed by atoms with van der Waals surface area (Å²) < 4.78 is 10.7. The Labute approximate surface area is 193 Å². The van der Waals surface area contributed by atoms with Gasteiger partial charge >= 0.3 is 12.1 Å². The minimum absolute atomic E-state index is 0.0579. The Bertz CT molecular complexity index is 1090. The second-order valence-corrected chi connectivity index (χ2v) is 10.1. The lowest BCUT2D eigenvalue weighted by Gasteiger charge is -2.41. The summed E-state index contributed by atoms with van der Waals surface area (Å²) in [6.45, 7) is 6.54. The fourth-order valence-electron chi connectivity index (χ4n) is 5.41. The molecule has 1 saturated heterocycles. The first-order chi connectivity index (χ1) is 15.5. The van der Waals surface area contributed by atoms with Gasteiger partial charge in [-0.15, -0.1) is 0 Å². The number of nitriles is 2. The topological polar surface area (TPSA) is 120 Å². The highest BCUT2D eigenvalue weighted by molar-refractivity contribution is 6.03. The summed E-state index contributed by atoms with van der Waals surface area (Å²) in [7, 11) is 0. The molecule has 0 aromatic heterocycles. The van der Waals surface area contributed by atoms with Crippen LogP contribution in [0.1, 0.15) is 53.4 Å². The average molecular weight is 450 g/mol. The number of ether oxygens (including phenoxy) is 2. The number of allylic oxidation sites excluding steroid dienone is 2. The number of rotatable bonds is 2. The van der Waals surface area contributed by atoms with Crippen molar-refractivity contribution in [2.24, 2.45) is 11.3 Å². The van der Waals surface area contributed by atoms with E-state index in [1.807, 2.05) is 32.9 Å². The van der Waals surface area contributed by atoms with Gasteiger partial charge in [0, 0.05) is 37.3 Å². The Morgan fingerprint density at radius 3 is 2.52 bits per heavy atom. The maximum Gasteiger partial charge on any atom is 0.411 e. The average Bonchev–Trinajstić information content (AvgIpc) is 3.15. The summed E-state index contributed by atoms with van der Waals surface area (Å²) in [6.07, 6.45) is 5.03. The molecule has 0 spiro atoms. The lowest BCUT2D eigenvalue weighted by molar-refractivity contribution is -0.140. The van der Waals surface area contributed by atoms with Gasteiger partial charge in [0.25, 0.3) is 0 Å². The lowest BCUT2D eigenvalue weighted by atomic mass is 9.70. The van der Waals surface area contributed by atoms with Crippen molar-refractivity contribution in [1.82, 2.24) is 4.90 Å². The Morgan fingerprint density at radius 1 is 1.21 bits per heavy atom. The van der Waals surface area contributed by atoms with E-state index in [9.17, 15) is 24.9 Å². The van der Waals surface area contributed by atoms with Gasteiger partial charge in [-0.05, 0) is 50.3 Å². The molecule has 0 aromatic carbocycles. The van der Waals surface area contributed by atoms with Gasteiger partial charge < -0.3 is 9.47 Å². The molecule has 172 valence electrons. The SMILES string of the molecule is CC(=O)OCC1=C2CC(C#N)(C#N)C3=CC4CCC(C3C=C2CC1=O)N4C(=O)OC(C)(C)C. The molecule has 2 bridgehead atoms. The van der Waals surface area contributed by atoms with Gasteiger partial charge in [-0.2, -0.15) is 10.5 Å². The maximum atomic E-state index is 13.0. The van der Waals surface area contributed by atoms with Crippen LogP contribution in [0, 0.1) is 34.0 Å². The van der Waals surface area contributed by atoms with E-state index < -0.39 is 23.1 Å². The molecule has 33 heavy (non-hydrogen) atoms. The Morgan fingerprint density at radius 2 is 1.91 bits per heavy atom. The van der Waals surface area contributed by atoms with Gasteiger partial charge in [-0.1, -0.05) is 12.2 Å². The van der Waals surface area contributed by atoms with Crippen LogP contribution in [0.15, 0.2) is 34.4 Å². The van der Waals surface area contributed by atoms with Crippen molar-refractivity contribution >= 4 is 17.8 Å². The van der Waals surface area contributed by atoms with Crippen LogP contribution in [0.4, 0.5) is 4.79 Å². The van der Waals surface area contributed by atoms with Gasteiger partial charge in [0.15, 0.2) is 11.2 Å². The molecule has 0 saturated carbocycles. The maximum absolute atomic E-state index is 13.0. The fraction of sp³-hybridized carbons (Fsp3) is 0.560. The summed E-state index contributed by atoms with van der Waals surface area (Å²) in [5.74, 6) is -1.04. The first kappa shape index (κ1) is 22.8. The van der Waals surface area contributed by atoms with E-state index in [2.05, 4.69) is 12.1 Å². The van der Waals surface area contributed by atoms with Crippen LogP contribution in [0.2, 0.25) is 0 Å². The van der Waals surface area contributed by atoms with Gasteiger partial charge in [0.05, 0.1) is 18.2 Å². The summed E-state index contributed by atoms with van der Waals surface area (Å²) in [5, 5.41) is 20.4. The Hall–Kier alpha value is -3.39. The van der Waals surface area contributed by atoms with E-state index in [0.29, 0.717) is 23.1 Å². The molecule has 0 N–H and O–H groups in total. The summed E-state index contributed by atoms with van der Waals surface area (Å²) >= 11 is 0. The van der Waals surface area contributed by atoms with E-state index in [0.717, 1.165) is 12.0 Å². The largest absolute Gasteiger partial charge is 0.461 e. The molecule has 1 amide bonds. The standard InChI is InChI=1S/C25H27N3O5/c1-14(29)32-11-19-18-10-25(12-26,13-27)20-9-16-5-6-21(17(20)7-15(18)8-22(19)30)28(16)23(31)33-24(2,3)4/h7,9,16-17,21H,5-6,8,10-11H2,1-4H3. The van der Waals surface area contributed by atoms with E-state index in [1.54, 1.807) is 4.90 Å². The van der Waals surface area contributed by atoms with E-state index >= 15 is 0 Å². The number of hydrogen-bond donors (Lipinski definition) is 0. The van der Waals surface area contributed by atoms with E-state index in [-0.39, 0.29) is 43.2 Å². The number of nitrogens with zero attached hydrogens (tertiary/aromatic N) is 3. The number of ketones is 1. The van der Waals surface area contributed by atoms with Crippen LogP contribution in [-0.2, 0) is 19.1 Å². The predicted octanol–water partition coefficient (Wildman–Crippen LogP) is 3.51. The molecular weight excluding hydrogens is 422 g/mol. The molecule has 3 unspecified atom stereocenters. The van der Waals surface area contributed by atoms with Crippen molar-refractivity contribution < 1.29 is 23.9 Å². The number of Topliss-reactive ketones (excluding diaryl/α,β-unsaturated/α-hetero) is 1. The monoisotopic (exact) mass is 449 g/mol. The summed E-state index contributed by atoms with van der Waals surface area (Å²) in [4.78, 5) is 38.8. The minimum atomic E-state index is -1.47. The van der Waals surface area contributed by atoms with Crippen LogP contribution in [0.25, 0.3) is 0 Å². The Balaban J connectivity index is 1.81. The van der Waals surface area contributed by atoms with Crippen molar-refractivity contribution in [3.05, 3.63) is 34.4 Å². The molecule has 2 heterocycles. The highest BCUT2D eigenvalue weighted by Crippen LogP contribution is 2.53. The second kappa shape index (κ2) is 7.88. The fourth-order valence-corrected chi connectivity index (χ4v) is 5.41. The first-order valence-corrected chi connectivity index (χ1v) is 11.2. The van der Waals surface area contributed by atoms with Crippen molar-refractivity contribution in [2.75, 3.05) is 6.61 Å². The molecule has 8 heteroatoms. The number of fused-ring (bicyclic) bond motifs is 5. The quantitative estimate of drug-likeness (QED) is 0.467. The van der Waals surface area contributed by atoms with Gasteiger partial charge in [0.1, 0.15) is 12.2 Å². The normalized spacial score (nSPS) is 27.4. The molecule has 4 aliphatic rings. The van der Waals surface area contributed by atoms with Crippen LogP contribution in [0.5, 0.6) is 0 Å². The molecule has 2 aliphatic heterocycles. The molecule has 2 aliphatic carbocycles. The third-order valence-electron chi connectivity index (χ3n) is 6.78. The zero-order chi connectivity index (χ0) is 24.1. The predicted molar refractivity (Wildman–Crippen MR) is 116 cm³/mol. The van der Waals surface area contributed by atoms with Crippen LogP contribution >= 0.6 is 0 Å².